The lowest BCUT2D eigenvalue weighted by Crippen LogP contribution is -2.53. The molecule has 7 heteroatoms. The van der Waals surface area contributed by atoms with Gasteiger partial charge in [-0.2, -0.15) is 5.10 Å². The zero-order valence-electron chi connectivity index (χ0n) is 24.7. The maximum absolute atomic E-state index is 13.8. The molecule has 0 aromatic carbocycles. The number of carbonyl (C=O) groups is 2. The summed E-state index contributed by atoms with van der Waals surface area (Å²) in [6.45, 7) is 18.3. The highest BCUT2D eigenvalue weighted by atomic mass is 16.2. The Labute approximate surface area is 220 Å². The van der Waals surface area contributed by atoms with Gasteiger partial charge < -0.3 is 14.7 Å². The van der Waals surface area contributed by atoms with Gasteiger partial charge in [-0.15, -0.1) is 0 Å². The summed E-state index contributed by atoms with van der Waals surface area (Å²) >= 11 is 0. The van der Waals surface area contributed by atoms with Crippen molar-refractivity contribution < 1.29 is 9.59 Å². The van der Waals surface area contributed by atoms with Crippen LogP contribution in [-0.4, -0.2) is 77.5 Å². The van der Waals surface area contributed by atoms with Crippen molar-refractivity contribution in [1.29, 1.82) is 0 Å². The summed E-state index contributed by atoms with van der Waals surface area (Å²) in [5, 5.41) is 7.69. The van der Waals surface area contributed by atoms with E-state index in [-0.39, 0.29) is 29.6 Å². The SMILES string of the molecule is CCCCN(C)Cc1cn[nH]c1C1CC(C(=O)N(C)CC(C)C)C(C)(C)C(C(=O)N(C)CC(C)C)C1. The lowest BCUT2D eigenvalue weighted by Gasteiger charge is -2.48. The fraction of sp³-hybridized carbons (Fsp3) is 0.828. The number of nitrogens with zero attached hydrogens (tertiary/aromatic N) is 4. The second-order valence-electron chi connectivity index (χ2n) is 12.7. The van der Waals surface area contributed by atoms with Crippen LogP contribution < -0.4 is 0 Å². The highest BCUT2D eigenvalue weighted by Gasteiger charge is 2.51. The van der Waals surface area contributed by atoms with Crippen LogP contribution in [0.5, 0.6) is 0 Å². The van der Waals surface area contributed by atoms with Crippen LogP contribution in [-0.2, 0) is 16.1 Å². The number of carbonyl (C=O) groups excluding carboxylic acids is 2. The first-order chi connectivity index (χ1) is 16.8. The van der Waals surface area contributed by atoms with Crippen molar-refractivity contribution in [3.63, 3.8) is 0 Å². The normalized spacial score (nSPS) is 21.9. The molecule has 0 radical (unpaired) electrons. The summed E-state index contributed by atoms with van der Waals surface area (Å²) in [5.74, 6) is 0.749. The number of nitrogens with one attached hydrogen (secondary N) is 1. The average Bonchev–Trinajstić information content (AvgIpc) is 3.23. The lowest BCUT2D eigenvalue weighted by atomic mass is 9.57. The molecule has 1 aromatic heterocycles. The number of rotatable bonds is 12. The third-order valence-corrected chi connectivity index (χ3v) is 7.96. The fourth-order valence-electron chi connectivity index (χ4n) is 6.00. The van der Waals surface area contributed by atoms with E-state index in [0.29, 0.717) is 11.8 Å². The third kappa shape index (κ3) is 7.56. The summed E-state index contributed by atoms with van der Waals surface area (Å²) in [7, 11) is 5.97. The van der Waals surface area contributed by atoms with Gasteiger partial charge in [0.2, 0.25) is 11.8 Å². The number of hydrogen-bond donors (Lipinski definition) is 1. The highest BCUT2D eigenvalue weighted by molar-refractivity contribution is 5.84. The van der Waals surface area contributed by atoms with Crippen LogP contribution in [0.4, 0.5) is 0 Å². The Morgan fingerprint density at radius 3 is 1.94 bits per heavy atom. The predicted octanol–water partition coefficient (Wildman–Crippen LogP) is 5.01. The largest absolute Gasteiger partial charge is 0.345 e. The van der Waals surface area contributed by atoms with Gasteiger partial charge in [-0.25, -0.2) is 0 Å². The first-order valence-corrected chi connectivity index (χ1v) is 14.0. The molecule has 0 bridgehead atoms. The quantitative estimate of drug-likeness (QED) is 0.435. The van der Waals surface area contributed by atoms with E-state index in [1.165, 1.54) is 18.4 Å². The summed E-state index contributed by atoms with van der Waals surface area (Å²) < 4.78 is 0. The molecule has 1 fully saturated rings. The van der Waals surface area contributed by atoms with E-state index in [4.69, 9.17) is 0 Å². The topological polar surface area (TPSA) is 72.5 Å². The molecule has 1 aliphatic carbocycles. The van der Waals surface area contributed by atoms with Crippen LogP contribution in [0.1, 0.15) is 91.3 Å². The number of amides is 2. The zero-order chi connectivity index (χ0) is 27.2. The van der Waals surface area contributed by atoms with E-state index in [1.54, 1.807) is 0 Å². The predicted molar refractivity (Wildman–Crippen MR) is 148 cm³/mol. The molecular weight excluding hydrogens is 450 g/mol. The van der Waals surface area contributed by atoms with Crippen LogP contribution in [0.2, 0.25) is 0 Å². The summed E-state index contributed by atoms with van der Waals surface area (Å²) in [4.78, 5) is 33.8. The van der Waals surface area contributed by atoms with Gasteiger partial charge in [-0.1, -0.05) is 54.9 Å². The minimum Gasteiger partial charge on any atom is -0.345 e. The van der Waals surface area contributed by atoms with Crippen LogP contribution in [0.15, 0.2) is 6.20 Å². The second-order valence-corrected chi connectivity index (χ2v) is 12.7. The van der Waals surface area contributed by atoms with Gasteiger partial charge in [0.1, 0.15) is 0 Å². The number of unbranched alkanes of at least 4 members (excludes halogenated alkanes) is 1. The summed E-state index contributed by atoms with van der Waals surface area (Å²) in [6, 6.07) is 0. The number of aromatic nitrogens is 2. The van der Waals surface area contributed by atoms with Gasteiger partial charge in [-0.05, 0) is 50.1 Å². The Kier molecular flexibility index (Phi) is 11.0. The van der Waals surface area contributed by atoms with E-state index >= 15 is 0 Å². The summed E-state index contributed by atoms with van der Waals surface area (Å²) in [6.07, 6.45) is 5.74. The molecule has 1 aliphatic rings. The average molecular weight is 504 g/mol. The third-order valence-electron chi connectivity index (χ3n) is 7.96. The van der Waals surface area contributed by atoms with Crippen molar-refractivity contribution in [2.24, 2.45) is 29.1 Å². The van der Waals surface area contributed by atoms with Crippen molar-refractivity contribution >= 4 is 11.8 Å². The molecule has 1 saturated carbocycles. The molecule has 2 rings (SSSR count). The van der Waals surface area contributed by atoms with Crippen LogP contribution in [0.25, 0.3) is 0 Å². The molecule has 0 aliphatic heterocycles. The zero-order valence-corrected chi connectivity index (χ0v) is 24.7. The molecule has 2 amide bonds. The van der Waals surface area contributed by atoms with Crippen molar-refractivity contribution in [3.8, 4) is 0 Å². The van der Waals surface area contributed by atoms with Crippen LogP contribution >= 0.6 is 0 Å². The first-order valence-electron chi connectivity index (χ1n) is 14.0. The smallest absolute Gasteiger partial charge is 0.226 e. The number of H-pyrrole nitrogens is 1. The standard InChI is InChI=1S/C29H53N5O2/c1-11-12-13-32(8)19-23-16-30-31-26(23)22-14-24(27(35)33(9)17-20(2)3)29(6,7)25(15-22)28(36)34(10)18-21(4)5/h16,20-22,24-25H,11-15,17-19H2,1-10H3,(H,30,31). The Morgan fingerprint density at radius 1 is 1.00 bits per heavy atom. The molecule has 36 heavy (non-hydrogen) atoms. The van der Waals surface area contributed by atoms with Gasteiger partial charge in [0, 0.05) is 62.7 Å². The fourth-order valence-corrected chi connectivity index (χ4v) is 6.00. The van der Waals surface area contributed by atoms with Gasteiger partial charge >= 0.3 is 0 Å². The maximum atomic E-state index is 13.8. The van der Waals surface area contributed by atoms with E-state index in [1.807, 2.05) is 30.1 Å². The number of aromatic amines is 1. The Balaban J connectivity index is 2.41. The molecular formula is C29H53N5O2. The molecule has 7 nitrogen and oxygen atoms in total. The van der Waals surface area contributed by atoms with Gasteiger partial charge in [0.05, 0.1) is 6.20 Å². The van der Waals surface area contributed by atoms with Crippen molar-refractivity contribution in [2.75, 3.05) is 40.8 Å². The second kappa shape index (κ2) is 13.1. The van der Waals surface area contributed by atoms with Gasteiger partial charge in [-0.3, -0.25) is 14.7 Å². The molecule has 1 aromatic rings. The molecule has 2 unspecified atom stereocenters. The van der Waals surface area contributed by atoms with Crippen molar-refractivity contribution in [2.45, 2.75) is 86.6 Å². The molecule has 1 N–H and O–H groups in total. The van der Waals surface area contributed by atoms with E-state index in [0.717, 1.165) is 44.7 Å². The molecule has 1 heterocycles. The monoisotopic (exact) mass is 503 g/mol. The minimum absolute atomic E-state index is 0.0953. The van der Waals surface area contributed by atoms with Gasteiger partial charge in [0.25, 0.3) is 0 Å². The molecule has 0 saturated heterocycles. The maximum Gasteiger partial charge on any atom is 0.226 e. The summed E-state index contributed by atoms with van der Waals surface area (Å²) in [5.41, 5.74) is 1.85. The van der Waals surface area contributed by atoms with Crippen molar-refractivity contribution in [3.05, 3.63) is 17.5 Å². The van der Waals surface area contributed by atoms with E-state index < -0.39 is 5.41 Å². The van der Waals surface area contributed by atoms with Gasteiger partial charge in [0.15, 0.2) is 0 Å². The highest BCUT2D eigenvalue weighted by Crippen LogP contribution is 2.51. The Bertz CT molecular complexity index is 806. The van der Waals surface area contributed by atoms with E-state index in [2.05, 4.69) is 70.6 Å². The first kappa shape index (κ1) is 30.3. The van der Waals surface area contributed by atoms with E-state index in [9.17, 15) is 9.59 Å². The molecule has 0 spiro atoms. The van der Waals surface area contributed by atoms with Crippen molar-refractivity contribution in [1.82, 2.24) is 24.9 Å². The minimum atomic E-state index is -0.431. The lowest BCUT2D eigenvalue weighted by molar-refractivity contribution is -0.151. The van der Waals surface area contributed by atoms with Crippen LogP contribution in [0.3, 0.4) is 0 Å². The number of hydrogen-bond acceptors (Lipinski definition) is 4. The molecule has 206 valence electrons. The Morgan fingerprint density at radius 2 is 1.50 bits per heavy atom. The Hall–Kier alpha value is -1.89. The molecule has 2 atom stereocenters. The van der Waals surface area contributed by atoms with Crippen LogP contribution in [0, 0.1) is 29.1 Å².